The van der Waals surface area contributed by atoms with Gasteiger partial charge in [-0.2, -0.15) is 17.5 Å². The van der Waals surface area contributed by atoms with Crippen molar-refractivity contribution in [1.82, 2.24) is 80.8 Å². The molecule has 1 unspecified atom stereocenters. The Morgan fingerprint density at radius 3 is 1.30 bits per heavy atom. The van der Waals surface area contributed by atoms with Crippen LogP contribution in [-0.4, -0.2) is 227 Å². The number of hydrogen-bond acceptors (Lipinski definition) is 26. The summed E-state index contributed by atoms with van der Waals surface area (Å²) in [4.78, 5) is 181. The van der Waals surface area contributed by atoms with E-state index in [2.05, 4.69) is 77.6 Å². The number of aryl methyl sites for hydroxylation is 10. The average molecular weight is 1910 g/mol. The van der Waals surface area contributed by atoms with Gasteiger partial charge in [-0.3, -0.25) is 52.7 Å². The maximum absolute atomic E-state index is 14.1. The Hall–Kier alpha value is -13.3. The van der Waals surface area contributed by atoms with Gasteiger partial charge in [0.05, 0.1) is 41.6 Å². The predicted molar refractivity (Wildman–Crippen MR) is 504 cm³/mol. The second kappa shape index (κ2) is 51.8. The zero-order valence-corrected chi connectivity index (χ0v) is 80.3. The molecule has 0 spiro atoms. The summed E-state index contributed by atoms with van der Waals surface area (Å²) in [6, 6.07) is 14.2. The quantitative estimate of drug-likeness (QED) is 0.0105. The molecular formula is C92H125N19O22S2. The minimum Gasteiger partial charge on any atom is -0.468 e. The lowest BCUT2D eigenvalue weighted by Crippen LogP contribution is -2.49. The summed E-state index contributed by atoms with van der Waals surface area (Å²) >= 11 is 0. The van der Waals surface area contributed by atoms with Crippen molar-refractivity contribution in [2.24, 2.45) is 18.5 Å². The molecule has 0 fully saturated rings. The topological polar surface area (TPSA) is 539 Å². The highest BCUT2D eigenvalue weighted by Crippen LogP contribution is 2.27. The van der Waals surface area contributed by atoms with Gasteiger partial charge in [-0.15, -0.1) is 0 Å². The van der Waals surface area contributed by atoms with Crippen LogP contribution < -0.4 is 74.1 Å². The molecule has 732 valence electrons. The third-order valence-corrected chi connectivity index (χ3v) is 24.5. The Labute approximate surface area is 783 Å². The molecule has 4 heterocycles. The van der Waals surface area contributed by atoms with E-state index in [1.165, 1.54) is 12.4 Å². The van der Waals surface area contributed by atoms with Crippen molar-refractivity contribution >= 4 is 125 Å². The minimum absolute atomic E-state index is 0.0266. The first-order valence-electron chi connectivity index (χ1n) is 44.4. The Bertz CT molecular complexity index is 5930. The summed E-state index contributed by atoms with van der Waals surface area (Å²) in [5.74, 6) is -5.11. The molecule has 0 radical (unpaired) electrons. The second-order valence-electron chi connectivity index (χ2n) is 33.4. The van der Waals surface area contributed by atoms with Gasteiger partial charge in [0.15, 0.2) is 5.71 Å². The number of fused-ring (bicyclic) bond motifs is 2. The SMILES string of the molecule is COC(=O)C(CNC(=O)c1cn(CCCNC(=O)CCC(=O)NCCCOCCCNC(=O)C(CCC(=O)NCCCOCCCNC(=O)CCC(=O)NCCCn2cc(C(=O)NC[C@H](NS(=O)(=O)c3c(C)cc(C)cc3C)C(=O)OC)c(=O)c3ccc(CNc4nccn4C)cc32)NC(=O)OC(C)(C)C)c2cc(CNc3nccn3C)ccc2c1=O)=NS(=O)(=O)c1c(C)cc(C)cc1C. The van der Waals surface area contributed by atoms with Crippen molar-refractivity contribution in [1.29, 1.82) is 0 Å². The van der Waals surface area contributed by atoms with E-state index in [1.807, 2.05) is 21.0 Å². The number of alkyl carbamates (subject to hydrolysis) is 1. The molecule has 8 aromatic rings. The summed E-state index contributed by atoms with van der Waals surface area (Å²) < 4.78 is 94.2. The molecule has 9 amide bonds. The third kappa shape index (κ3) is 33.7. The minimum atomic E-state index is -4.48. The fourth-order valence-corrected chi connectivity index (χ4v) is 17.8. The normalized spacial score (nSPS) is 12.1. The van der Waals surface area contributed by atoms with E-state index in [4.69, 9.17) is 23.7 Å². The predicted octanol–water partition coefficient (Wildman–Crippen LogP) is 4.85. The van der Waals surface area contributed by atoms with Crippen LogP contribution in [0, 0.1) is 41.5 Å². The number of nitrogens with one attached hydrogen (secondary N) is 12. The molecule has 43 heteroatoms. The van der Waals surface area contributed by atoms with Crippen molar-refractivity contribution in [3.63, 3.8) is 0 Å². The maximum Gasteiger partial charge on any atom is 0.408 e. The number of rotatable bonds is 54. The molecule has 0 aliphatic carbocycles. The van der Waals surface area contributed by atoms with Crippen molar-refractivity contribution < 1.29 is 93.3 Å². The van der Waals surface area contributed by atoms with Gasteiger partial charge >= 0.3 is 18.0 Å². The molecule has 2 atom stereocenters. The van der Waals surface area contributed by atoms with E-state index in [0.29, 0.717) is 103 Å². The van der Waals surface area contributed by atoms with Crippen molar-refractivity contribution in [2.75, 3.05) is 104 Å². The Morgan fingerprint density at radius 2 is 0.896 bits per heavy atom. The molecule has 4 aromatic carbocycles. The van der Waals surface area contributed by atoms with Gasteiger partial charge in [0.2, 0.25) is 68.2 Å². The number of carbonyl (C=O) groups excluding carboxylic acids is 11. The average Bonchev–Trinajstić information content (AvgIpc) is 1.06. The number of sulfonamides is 2. The summed E-state index contributed by atoms with van der Waals surface area (Å²) in [5, 5.41) is 31.2. The van der Waals surface area contributed by atoms with E-state index < -0.39 is 109 Å². The zero-order chi connectivity index (χ0) is 98.7. The number of aromatic nitrogens is 6. The first kappa shape index (κ1) is 107. The van der Waals surface area contributed by atoms with E-state index in [-0.39, 0.29) is 166 Å². The Morgan fingerprint density at radius 1 is 0.489 bits per heavy atom. The van der Waals surface area contributed by atoms with Gasteiger partial charge in [-0.25, -0.2) is 28.0 Å². The van der Waals surface area contributed by atoms with Crippen molar-refractivity contribution in [2.45, 2.75) is 193 Å². The molecule has 12 N–H and O–H groups in total. The molecule has 0 saturated carbocycles. The number of nitrogens with zero attached hydrogens (tertiary/aromatic N) is 7. The van der Waals surface area contributed by atoms with Crippen LogP contribution in [0.25, 0.3) is 21.8 Å². The highest BCUT2D eigenvalue weighted by atomic mass is 32.2. The summed E-state index contributed by atoms with van der Waals surface area (Å²) in [6.45, 7) is 17.2. The lowest BCUT2D eigenvalue weighted by molar-refractivity contribution is -0.142. The summed E-state index contributed by atoms with van der Waals surface area (Å²) in [6.07, 6.45) is 10.5. The number of ether oxygens (including phenoxy) is 5. The first-order chi connectivity index (χ1) is 64.1. The van der Waals surface area contributed by atoms with Gasteiger partial charge in [-0.05, 0) is 165 Å². The third-order valence-electron chi connectivity index (χ3n) is 21.1. The lowest BCUT2D eigenvalue weighted by Gasteiger charge is -2.23. The zero-order valence-electron chi connectivity index (χ0n) is 78.6. The molecule has 0 aliphatic rings. The molecule has 41 nitrogen and oxygen atoms in total. The number of imidazole rings is 2. The number of esters is 2. The molecular weight excluding hydrogens is 1790 g/mol. The second-order valence-corrected chi connectivity index (χ2v) is 36.6. The van der Waals surface area contributed by atoms with Crippen LogP contribution in [0.15, 0.2) is 122 Å². The van der Waals surface area contributed by atoms with Gasteiger partial charge < -0.3 is 100 Å². The van der Waals surface area contributed by atoms with E-state index in [1.54, 1.807) is 159 Å². The van der Waals surface area contributed by atoms with Gasteiger partial charge in [-0.1, -0.05) is 47.5 Å². The van der Waals surface area contributed by atoms with Crippen LogP contribution in [0.4, 0.5) is 16.7 Å². The molecule has 0 aliphatic heterocycles. The maximum atomic E-state index is 14.1. The number of hydrogen-bond donors (Lipinski definition) is 12. The summed E-state index contributed by atoms with van der Waals surface area (Å²) in [7, 11) is -3.02. The van der Waals surface area contributed by atoms with Gasteiger partial charge in [0, 0.05) is 193 Å². The van der Waals surface area contributed by atoms with Crippen molar-refractivity contribution in [3.8, 4) is 0 Å². The fourth-order valence-electron chi connectivity index (χ4n) is 14.7. The lowest BCUT2D eigenvalue weighted by atomic mass is 10.1. The molecule has 0 saturated heterocycles. The van der Waals surface area contributed by atoms with Crippen LogP contribution in [0.1, 0.15) is 163 Å². The number of benzene rings is 4. The molecule has 135 heavy (non-hydrogen) atoms. The first-order valence-corrected chi connectivity index (χ1v) is 47.3. The van der Waals surface area contributed by atoms with Crippen LogP contribution in [0.5, 0.6) is 0 Å². The van der Waals surface area contributed by atoms with Crippen LogP contribution in [-0.2, 0) is 122 Å². The van der Waals surface area contributed by atoms with Crippen molar-refractivity contribution in [3.05, 3.63) is 174 Å². The standard InChI is InChI=1S/C92H125N19O22S2/c1-58-46-60(3)82(61(4)47-58)134(125,126)106-71(87(122)129-12)54-101-84(119)68-56-110(73-50-64(20-22-66(73)80(68)117)52-103-89-99-36-40-108(89)10)38-14-30-93-76(113)26-28-78(115)96-33-17-43-131-42-16-32-95-75(112)25-24-70(105-91(124)133-92(7,8)9)86(121)98-35-19-45-132-44-18-34-97-79(116)29-27-77(114)94-31-15-39-111-57-69(81(118)67-23-21-65(51-74(67)111)53-104-90-100-37-41-109(90)11)85(120)102-55-72(88(123)130-13)107-135(127,128)83-62(5)48-59(2)49-63(83)6/h20-23,36-37,40-41,46-51,56-57,70-71,106H,14-19,24-35,38-39,42-45,52-55H2,1-13H3,(H,93,113)(H,94,114)(H,95,112)(H,96,115)(H,97,116)(H,98,121)(H,99,103)(H,100,104)(H,101,119)(H,102,120)(H,105,124)/t70?,71-/m0/s1. The van der Waals surface area contributed by atoms with Gasteiger partial charge in [0.25, 0.3) is 21.8 Å². The van der Waals surface area contributed by atoms with E-state index >= 15 is 0 Å². The number of amides is 9. The fraction of sp³-hybridized carbons (Fsp3) is 0.478. The monoisotopic (exact) mass is 1910 g/mol. The number of methoxy groups -OCH3 is 2. The summed E-state index contributed by atoms with van der Waals surface area (Å²) in [5.41, 5.74) is 2.47. The highest BCUT2D eigenvalue weighted by Gasteiger charge is 2.32. The molecule has 0 bridgehead atoms. The van der Waals surface area contributed by atoms with E-state index in [0.717, 1.165) is 36.5 Å². The van der Waals surface area contributed by atoms with Crippen LogP contribution >= 0.6 is 0 Å². The largest absolute Gasteiger partial charge is 0.468 e. The number of anilines is 2. The number of carbonyl (C=O) groups is 11. The number of pyridine rings is 2. The van der Waals surface area contributed by atoms with Crippen LogP contribution in [0.3, 0.4) is 0 Å². The van der Waals surface area contributed by atoms with Crippen LogP contribution in [0.2, 0.25) is 0 Å². The highest BCUT2D eigenvalue weighted by molar-refractivity contribution is 7.90. The molecule has 8 rings (SSSR count). The van der Waals surface area contributed by atoms with Gasteiger partial charge in [0.1, 0.15) is 28.8 Å². The Kier molecular flexibility index (Phi) is 41.1. The smallest absolute Gasteiger partial charge is 0.408 e. The molecule has 4 aromatic heterocycles. The van der Waals surface area contributed by atoms with E-state index in [9.17, 15) is 79.2 Å². The Balaban J connectivity index is 0.684.